The Hall–Kier alpha value is -2.54. The lowest BCUT2D eigenvalue weighted by Crippen LogP contribution is -2.23. The SMILES string of the molecule is Cc1cnc2c(-c3ccc(F)cc3F)nc([C@@H]3CCO[C@H](C)C3)nc2n1. The van der Waals surface area contributed by atoms with E-state index < -0.39 is 11.6 Å². The van der Waals surface area contributed by atoms with Gasteiger partial charge in [-0.05, 0) is 38.8 Å². The molecule has 0 bridgehead atoms. The van der Waals surface area contributed by atoms with Crippen molar-refractivity contribution in [2.24, 2.45) is 0 Å². The van der Waals surface area contributed by atoms with Gasteiger partial charge in [0, 0.05) is 30.4 Å². The van der Waals surface area contributed by atoms with Gasteiger partial charge in [0.05, 0.1) is 11.8 Å². The van der Waals surface area contributed by atoms with Gasteiger partial charge in [-0.3, -0.25) is 0 Å². The zero-order chi connectivity index (χ0) is 18.3. The first-order valence-electron chi connectivity index (χ1n) is 8.59. The highest BCUT2D eigenvalue weighted by Crippen LogP contribution is 2.32. The summed E-state index contributed by atoms with van der Waals surface area (Å²) in [7, 11) is 0. The molecular formula is C19H18F2N4O. The maximum absolute atomic E-state index is 14.4. The fourth-order valence-corrected chi connectivity index (χ4v) is 3.30. The summed E-state index contributed by atoms with van der Waals surface area (Å²) in [6, 6.07) is 3.44. The molecule has 1 aromatic carbocycles. The van der Waals surface area contributed by atoms with E-state index in [0.29, 0.717) is 35.0 Å². The molecule has 3 heterocycles. The quantitative estimate of drug-likeness (QED) is 0.696. The minimum Gasteiger partial charge on any atom is -0.378 e. The average Bonchev–Trinajstić information content (AvgIpc) is 2.60. The van der Waals surface area contributed by atoms with Gasteiger partial charge in [-0.25, -0.2) is 28.7 Å². The van der Waals surface area contributed by atoms with Gasteiger partial charge < -0.3 is 4.74 Å². The molecule has 134 valence electrons. The van der Waals surface area contributed by atoms with E-state index in [1.54, 1.807) is 6.20 Å². The van der Waals surface area contributed by atoms with Gasteiger partial charge >= 0.3 is 0 Å². The smallest absolute Gasteiger partial charge is 0.182 e. The van der Waals surface area contributed by atoms with Crippen LogP contribution in [0.1, 0.15) is 37.2 Å². The number of benzene rings is 1. The Morgan fingerprint density at radius 3 is 2.77 bits per heavy atom. The van der Waals surface area contributed by atoms with E-state index in [1.165, 1.54) is 12.1 Å². The number of rotatable bonds is 2. The summed E-state index contributed by atoms with van der Waals surface area (Å²) in [4.78, 5) is 18.0. The average molecular weight is 356 g/mol. The van der Waals surface area contributed by atoms with Gasteiger partial charge in [0.1, 0.15) is 28.7 Å². The zero-order valence-corrected chi connectivity index (χ0v) is 14.5. The molecular weight excluding hydrogens is 338 g/mol. The van der Waals surface area contributed by atoms with Crippen molar-refractivity contribution in [1.82, 2.24) is 19.9 Å². The molecule has 0 radical (unpaired) electrons. The van der Waals surface area contributed by atoms with Crippen LogP contribution in [0, 0.1) is 18.6 Å². The number of ether oxygens (including phenoxy) is 1. The molecule has 3 aromatic rings. The first-order chi connectivity index (χ1) is 12.5. The predicted molar refractivity (Wildman–Crippen MR) is 92.6 cm³/mol. The molecule has 0 aliphatic carbocycles. The predicted octanol–water partition coefficient (Wildman–Crippen LogP) is 3.96. The lowest BCUT2D eigenvalue weighted by Gasteiger charge is -2.26. The normalized spacial score (nSPS) is 20.5. The summed E-state index contributed by atoms with van der Waals surface area (Å²) in [6.07, 6.45) is 3.28. The topological polar surface area (TPSA) is 60.8 Å². The molecule has 1 fully saturated rings. The molecule has 26 heavy (non-hydrogen) atoms. The third-order valence-corrected chi connectivity index (χ3v) is 4.58. The molecule has 0 unspecified atom stereocenters. The Morgan fingerprint density at radius 1 is 1.15 bits per heavy atom. The van der Waals surface area contributed by atoms with E-state index in [4.69, 9.17) is 4.74 Å². The maximum Gasteiger partial charge on any atom is 0.182 e. The van der Waals surface area contributed by atoms with Gasteiger partial charge in [0.2, 0.25) is 0 Å². The highest BCUT2D eigenvalue weighted by atomic mass is 19.1. The van der Waals surface area contributed by atoms with Crippen molar-refractivity contribution in [3.05, 3.63) is 47.5 Å². The zero-order valence-electron chi connectivity index (χ0n) is 14.5. The summed E-state index contributed by atoms with van der Waals surface area (Å²) in [5, 5.41) is 0. The molecule has 1 saturated heterocycles. The standard InChI is InChI=1S/C19H18F2N4O/c1-10-9-22-17-16(14-4-3-13(20)8-15(14)21)24-18(25-19(17)23-10)12-5-6-26-11(2)7-12/h3-4,8-9,11-12H,5-7H2,1-2H3/t11-,12-/m1/s1. The molecule has 1 aliphatic rings. The fraction of sp³-hybridized carbons (Fsp3) is 0.368. The Kier molecular flexibility index (Phi) is 4.32. The van der Waals surface area contributed by atoms with Crippen molar-refractivity contribution in [3.8, 4) is 11.3 Å². The molecule has 5 nitrogen and oxygen atoms in total. The van der Waals surface area contributed by atoms with Crippen LogP contribution in [0.15, 0.2) is 24.4 Å². The van der Waals surface area contributed by atoms with E-state index in [-0.39, 0.29) is 17.6 Å². The van der Waals surface area contributed by atoms with Crippen molar-refractivity contribution < 1.29 is 13.5 Å². The minimum atomic E-state index is -0.682. The number of aryl methyl sites for hydroxylation is 1. The Labute approximate surface area is 149 Å². The second-order valence-electron chi connectivity index (χ2n) is 6.64. The third kappa shape index (κ3) is 3.14. The van der Waals surface area contributed by atoms with Crippen LogP contribution in [0.25, 0.3) is 22.4 Å². The number of hydrogen-bond acceptors (Lipinski definition) is 5. The molecule has 0 amide bonds. The van der Waals surface area contributed by atoms with Crippen molar-refractivity contribution >= 4 is 11.2 Å². The van der Waals surface area contributed by atoms with Gasteiger partial charge in [-0.1, -0.05) is 0 Å². The number of fused-ring (bicyclic) bond motifs is 1. The highest BCUT2D eigenvalue weighted by Gasteiger charge is 2.25. The van der Waals surface area contributed by atoms with Crippen LogP contribution in [0.2, 0.25) is 0 Å². The second kappa shape index (κ2) is 6.64. The number of halogens is 2. The van der Waals surface area contributed by atoms with Crippen LogP contribution in [0.4, 0.5) is 8.78 Å². The molecule has 2 atom stereocenters. The summed E-state index contributed by atoms with van der Waals surface area (Å²) in [5.74, 6) is -0.609. The van der Waals surface area contributed by atoms with Gasteiger partial charge in [-0.2, -0.15) is 0 Å². The molecule has 2 aromatic heterocycles. The van der Waals surface area contributed by atoms with Crippen LogP contribution >= 0.6 is 0 Å². The van der Waals surface area contributed by atoms with Gasteiger partial charge in [-0.15, -0.1) is 0 Å². The second-order valence-corrected chi connectivity index (χ2v) is 6.64. The number of nitrogens with zero attached hydrogens (tertiary/aromatic N) is 4. The molecule has 4 rings (SSSR count). The first-order valence-corrected chi connectivity index (χ1v) is 8.59. The maximum atomic E-state index is 14.4. The number of hydrogen-bond donors (Lipinski definition) is 0. The molecule has 1 aliphatic heterocycles. The van der Waals surface area contributed by atoms with Crippen molar-refractivity contribution in [2.45, 2.75) is 38.7 Å². The lowest BCUT2D eigenvalue weighted by molar-refractivity contribution is 0.0173. The van der Waals surface area contributed by atoms with E-state index in [2.05, 4.69) is 19.9 Å². The summed E-state index contributed by atoms with van der Waals surface area (Å²) in [5.41, 5.74) is 2.08. The fourth-order valence-electron chi connectivity index (χ4n) is 3.30. The van der Waals surface area contributed by atoms with E-state index in [1.807, 2.05) is 13.8 Å². The summed E-state index contributed by atoms with van der Waals surface area (Å²) >= 11 is 0. The van der Waals surface area contributed by atoms with Crippen molar-refractivity contribution in [1.29, 1.82) is 0 Å². The van der Waals surface area contributed by atoms with Crippen LogP contribution in [-0.4, -0.2) is 32.6 Å². The van der Waals surface area contributed by atoms with Crippen molar-refractivity contribution in [2.75, 3.05) is 6.61 Å². The van der Waals surface area contributed by atoms with Crippen LogP contribution < -0.4 is 0 Å². The molecule has 0 N–H and O–H groups in total. The summed E-state index contributed by atoms with van der Waals surface area (Å²) in [6.45, 7) is 4.47. The molecule has 7 heteroatoms. The Morgan fingerprint density at radius 2 is 2.00 bits per heavy atom. The molecule has 0 saturated carbocycles. The lowest BCUT2D eigenvalue weighted by atomic mass is 9.95. The first kappa shape index (κ1) is 16.9. The minimum absolute atomic E-state index is 0.104. The van der Waals surface area contributed by atoms with Gasteiger partial charge in [0.25, 0.3) is 0 Å². The van der Waals surface area contributed by atoms with E-state index in [9.17, 15) is 8.78 Å². The van der Waals surface area contributed by atoms with Crippen LogP contribution in [0.5, 0.6) is 0 Å². The summed E-state index contributed by atoms with van der Waals surface area (Å²) < 4.78 is 33.3. The van der Waals surface area contributed by atoms with Crippen LogP contribution in [-0.2, 0) is 4.74 Å². The highest BCUT2D eigenvalue weighted by molar-refractivity contribution is 5.86. The van der Waals surface area contributed by atoms with E-state index >= 15 is 0 Å². The monoisotopic (exact) mass is 356 g/mol. The largest absolute Gasteiger partial charge is 0.378 e. The van der Waals surface area contributed by atoms with E-state index in [0.717, 1.165) is 18.9 Å². The Balaban J connectivity index is 1.92. The Bertz CT molecular complexity index is 979. The van der Waals surface area contributed by atoms with Gasteiger partial charge in [0.15, 0.2) is 5.65 Å². The van der Waals surface area contributed by atoms with Crippen LogP contribution in [0.3, 0.4) is 0 Å². The third-order valence-electron chi connectivity index (χ3n) is 4.58. The number of aromatic nitrogens is 4. The van der Waals surface area contributed by atoms with Crippen molar-refractivity contribution in [3.63, 3.8) is 0 Å². The molecule has 0 spiro atoms.